The van der Waals surface area contributed by atoms with Crippen molar-refractivity contribution in [2.45, 2.75) is 18.4 Å². The SMILES string of the molecule is CCOc1ccc(C(=O)Nc2ccccc2SC)cc1COC. The second-order valence-corrected chi connectivity index (χ2v) is 5.69. The first-order valence-electron chi connectivity index (χ1n) is 7.38. The van der Waals surface area contributed by atoms with Gasteiger partial charge in [0.15, 0.2) is 0 Å². The van der Waals surface area contributed by atoms with Crippen molar-refractivity contribution in [1.82, 2.24) is 0 Å². The van der Waals surface area contributed by atoms with E-state index < -0.39 is 0 Å². The molecule has 0 radical (unpaired) electrons. The number of carbonyl (C=O) groups is 1. The summed E-state index contributed by atoms with van der Waals surface area (Å²) in [5.74, 6) is 0.599. The highest BCUT2D eigenvalue weighted by Gasteiger charge is 2.12. The third kappa shape index (κ3) is 4.50. The van der Waals surface area contributed by atoms with Gasteiger partial charge >= 0.3 is 0 Å². The fourth-order valence-corrected chi connectivity index (χ4v) is 2.78. The number of carbonyl (C=O) groups excluding carboxylic acids is 1. The first kappa shape index (κ1) is 17.4. The van der Waals surface area contributed by atoms with Crippen LogP contribution in [0.5, 0.6) is 5.75 Å². The van der Waals surface area contributed by atoms with Crippen LogP contribution < -0.4 is 10.1 Å². The Bertz CT molecular complexity index is 673. The number of amides is 1. The maximum absolute atomic E-state index is 12.5. The molecule has 23 heavy (non-hydrogen) atoms. The van der Waals surface area contributed by atoms with Gasteiger partial charge < -0.3 is 14.8 Å². The number of nitrogens with one attached hydrogen (secondary N) is 1. The lowest BCUT2D eigenvalue weighted by Crippen LogP contribution is -2.13. The van der Waals surface area contributed by atoms with Gasteiger partial charge in [0.05, 0.1) is 18.9 Å². The zero-order valence-electron chi connectivity index (χ0n) is 13.6. The zero-order valence-corrected chi connectivity index (χ0v) is 14.4. The maximum atomic E-state index is 12.5. The molecule has 0 bridgehead atoms. The lowest BCUT2D eigenvalue weighted by atomic mass is 10.1. The molecular weight excluding hydrogens is 310 g/mol. The summed E-state index contributed by atoms with van der Waals surface area (Å²) in [5.41, 5.74) is 2.25. The number of para-hydroxylation sites is 1. The Morgan fingerprint density at radius 1 is 1.22 bits per heavy atom. The van der Waals surface area contributed by atoms with E-state index in [9.17, 15) is 4.79 Å². The van der Waals surface area contributed by atoms with E-state index in [0.29, 0.717) is 18.8 Å². The van der Waals surface area contributed by atoms with Crippen molar-refractivity contribution in [3.63, 3.8) is 0 Å². The van der Waals surface area contributed by atoms with Gasteiger partial charge in [0.1, 0.15) is 5.75 Å². The van der Waals surface area contributed by atoms with Crippen LogP contribution in [0.25, 0.3) is 0 Å². The van der Waals surface area contributed by atoms with Crippen LogP contribution in [-0.4, -0.2) is 25.9 Å². The summed E-state index contributed by atoms with van der Waals surface area (Å²) < 4.78 is 10.8. The van der Waals surface area contributed by atoms with Crippen molar-refractivity contribution in [1.29, 1.82) is 0 Å². The van der Waals surface area contributed by atoms with E-state index in [1.807, 2.05) is 49.6 Å². The van der Waals surface area contributed by atoms with E-state index in [-0.39, 0.29) is 5.91 Å². The standard InChI is InChI=1S/C18H21NO3S/c1-4-22-16-10-9-13(11-14(16)12-21-2)18(20)19-15-7-5-6-8-17(15)23-3/h5-11H,4,12H2,1-3H3,(H,19,20). The van der Waals surface area contributed by atoms with Crippen LogP contribution in [0, 0.1) is 0 Å². The van der Waals surface area contributed by atoms with Crippen LogP contribution in [-0.2, 0) is 11.3 Å². The van der Waals surface area contributed by atoms with Gasteiger partial charge in [-0.15, -0.1) is 11.8 Å². The monoisotopic (exact) mass is 331 g/mol. The van der Waals surface area contributed by atoms with E-state index in [1.54, 1.807) is 24.9 Å². The van der Waals surface area contributed by atoms with Crippen LogP contribution in [0.3, 0.4) is 0 Å². The molecule has 0 aliphatic rings. The highest BCUT2D eigenvalue weighted by Crippen LogP contribution is 2.26. The smallest absolute Gasteiger partial charge is 0.255 e. The topological polar surface area (TPSA) is 47.6 Å². The summed E-state index contributed by atoms with van der Waals surface area (Å²) in [6.45, 7) is 2.90. The van der Waals surface area contributed by atoms with Gasteiger partial charge in [0.2, 0.25) is 0 Å². The van der Waals surface area contributed by atoms with Crippen molar-refractivity contribution in [2.75, 3.05) is 25.3 Å². The predicted molar refractivity (Wildman–Crippen MR) is 94.5 cm³/mol. The molecule has 2 aromatic carbocycles. The number of ether oxygens (including phenoxy) is 2. The predicted octanol–water partition coefficient (Wildman–Crippen LogP) is 4.21. The van der Waals surface area contributed by atoms with Crippen molar-refractivity contribution < 1.29 is 14.3 Å². The minimum Gasteiger partial charge on any atom is -0.494 e. The minimum absolute atomic E-state index is 0.146. The summed E-state index contributed by atoms with van der Waals surface area (Å²) in [5, 5.41) is 2.96. The van der Waals surface area contributed by atoms with Gasteiger partial charge in [-0.1, -0.05) is 12.1 Å². The number of hydrogen-bond acceptors (Lipinski definition) is 4. The summed E-state index contributed by atoms with van der Waals surface area (Å²) in [6, 6.07) is 13.1. The Balaban J connectivity index is 2.23. The molecule has 0 aliphatic heterocycles. The quantitative estimate of drug-likeness (QED) is 0.772. The van der Waals surface area contributed by atoms with Crippen LogP contribution in [0.15, 0.2) is 47.4 Å². The lowest BCUT2D eigenvalue weighted by molar-refractivity contribution is 0.102. The van der Waals surface area contributed by atoms with Crippen LogP contribution in [0.1, 0.15) is 22.8 Å². The molecule has 0 aromatic heterocycles. The molecule has 0 spiro atoms. The van der Waals surface area contributed by atoms with Crippen LogP contribution in [0.2, 0.25) is 0 Å². The molecule has 0 saturated heterocycles. The largest absolute Gasteiger partial charge is 0.494 e. The fraction of sp³-hybridized carbons (Fsp3) is 0.278. The van der Waals surface area contributed by atoms with Crippen molar-refractivity contribution in [2.24, 2.45) is 0 Å². The molecule has 0 aliphatic carbocycles. The molecule has 4 nitrogen and oxygen atoms in total. The van der Waals surface area contributed by atoms with E-state index in [0.717, 1.165) is 21.9 Å². The van der Waals surface area contributed by atoms with Gasteiger partial charge in [0, 0.05) is 23.1 Å². The number of anilines is 1. The number of benzene rings is 2. The first-order chi connectivity index (χ1) is 11.2. The molecule has 2 aromatic rings. The summed E-state index contributed by atoms with van der Waals surface area (Å²) in [4.78, 5) is 13.5. The Morgan fingerprint density at radius 3 is 2.70 bits per heavy atom. The lowest BCUT2D eigenvalue weighted by Gasteiger charge is -2.13. The van der Waals surface area contributed by atoms with Gasteiger partial charge in [-0.05, 0) is 43.5 Å². The third-order valence-electron chi connectivity index (χ3n) is 3.28. The van der Waals surface area contributed by atoms with Crippen LogP contribution in [0.4, 0.5) is 5.69 Å². The van der Waals surface area contributed by atoms with Crippen LogP contribution >= 0.6 is 11.8 Å². The van der Waals surface area contributed by atoms with Gasteiger partial charge in [-0.25, -0.2) is 0 Å². The highest BCUT2D eigenvalue weighted by molar-refractivity contribution is 7.98. The molecule has 1 N–H and O–H groups in total. The summed E-state index contributed by atoms with van der Waals surface area (Å²) in [7, 11) is 1.62. The second-order valence-electron chi connectivity index (χ2n) is 4.84. The fourth-order valence-electron chi connectivity index (χ4n) is 2.23. The molecule has 0 fully saturated rings. The second kappa shape index (κ2) is 8.60. The molecular formula is C18H21NO3S. The Labute approximate surface area is 141 Å². The van der Waals surface area contributed by atoms with E-state index in [2.05, 4.69) is 5.32 Å². The molecule has 0 saturated carbocycles. The van der Waals surface area contributed by atoms with Crippen molar-refractivity contribution in [3.05, 3.63) is 53.6 Å². The molecule has 0 heterocycles. The van der Waals surface area contributed by atoms with Gasteiger partial charge in [-0.3, -0.25) is 4.79 Å². The van der Waals surface area contributed by atoms with E-state index in [1.165, 1.54) is 0 Å². The average molecular weight is 331 g/mol. The normalized spacial score (nSPS) is 10.4. The van der Waals surface area contributed by atoms with Gasteiger partial charge in [-0.2, -0.15) is 0 Å². The Kier molecular flexibility index (Phi) is 6.50. The minimum atomic E-state index is -0.146. The summed E-state index contributed by atoms with van der Waals surface area (Å²) >= 11 is 1.60. The zero-order chi connectivity index (χ0) is 16.7. The average Bonchev–Trinajstić information content (AvgIpc) is 2.57. The number of methoxy groups -OCH3 is 1. The molecule has 0 unspecified atom stereocenters. The number of thioether (sulfide) groups is 1. The van der Waals surface area contributed by atoms with Crippen molar-refractivity contribution >= 4 is 23.4 Å². The molecule has 0 atom stereocenters. The maximum Gasteiger partial charge on any atom is 0.255 e. The van der Waals surface area contributed by atoms with E-state index >= 15 is 0 Å². The Morgan fingerprint density at radius 2 is 2.00 bits per heavy atom. The molecule has 122 valence electrons. The highest BCUT2D eigenvalue weighted by atomic mass is 32.2. The van der Waals surface area contributed by atoms with Crippen molar-refractivity contribution in [3.8, 4) is 5.75 Å². The van der Waals surface area contributed by atoms with Gasteiger partial charge in [0.25, 0.3) is 5.91 Å². The molecule has 2 rings (SSSR count). The number of rotatable bonds is 7. The first-order valence-corrected chi connectivity index (χ1v) is 8.61. The summed E-state index contributed by atoms with van der Waals surface area (Å²) in [6.07, 6.45) is 1.98. The number of hydrogen-bond donors (Lipinski definition) is 1. The molecule has 1 amide bonds. The Hall–Kier alpha value is -1.98. The molecule has 5 heteroatoms. The third-order valence-corrected chi connectivity index (χ3v) is 4.07. The van der Waals surface area contributed by atoms with E-state index in [4.69, 9.17) is 9.47 Å².